The highest BCUT2D eigenvalue weighted by atomic mass is 35.5. The number of fused-ring (bicyclic) bond motifs is 1. The van der Waals surface area contributed by atoms with Crippen LogP contribution >= 0.6 is 11.6 Å². The summed E-state index contributed by atoms with van der Waals surface area (Å²) in [5.74, 6) is -0.323. The van der Waals surface area contributed by atoms with Gasteiger partial charge in [0, 0.05) is 23.9 Å². The molecule has 1 aromatic heterocycles. The first kappa shape index (κ1) is 16.4. The Balaban J connectivity index is 1.97. The van der Waals surface area contributed by atoms with Gasteiger partial charge in [-0.25, -0.2) is 0 Å². The molecule has 0 unspecified atom stereocenters. The number of esters is 1. The topological polar surface area (TPSA) is 68.5 Å². The molecule has 1 N–H and O–H groups in total. The van der Waals surface area contributed by atoms with Gasteiger partial charge in [-0.3, -0.25) is 9.59 Å². The largest absolute Gasteiger partial charge is 0.466 e. The van der Waals surface area contributed by atoms with Gasteiger partial charge in [0.15, 0.2) is 11.3 Å². The Bertz CT molecular complexity index is 693. The summed E-state index contributed by atoms with van der Waals surface area (Å²) < 4.78 is 10.4. The van der Waals surface area contributed by atoms with E-state index in [0.717, 1.165) is 10.9 Å². The summed E-state index contributed by atoms with van der Waals surface area (Å²) in [5, 5.41) is 4.03. The van der Waals surface area contributed by atoms with E-state index in [1.807, 2.05) is 19.1 Å². The molecule has 0 aliphatic heterocycles. The molecule has 2 rings (SSSR count). The number of halogens is 1. The predicted molar refractivity (Wildman–Crippen MR) is 84.2 cm³/mol. The minimum Gasteiger partial charge on any atom is -0.466 e. The molecular formula is C16H18ClNO4. The summed E-state index contributed by atoms with van der Waals surface area (Å²) in [5.41, 5.74) is 1.26. The second kappa shape index (κ2) is 7.31. The zero-order valence-electron chi connectivity index (χ0n) is 12.6. The van der Waals surface area contributed by atoms with Crippen LogP contribution in [0.15, 0.2) is 22.6 Å². The molecule has 0 saturated heterocycles. The summed E-state index contributed by atoms with van der Waals surface area (Å²) in [7, 11) is 0. The first-order chi connectivity index (χ1) is 10.5. The Labute approximate surface area is 133 Å². The minimum absolute atomic E-state index is 0.249. The Kier molecular flexibility index (Phi) is 5.44. The average Bonchev–Trinajstić information content (AvgIpc) is 2.83. The fourth-order valence-corrected chi connectivity index (χ4v) is 2.39. The van der Waals surface area contributed by atoms with Gasteiger partial charge in [-0.05, 0) is 26.3 Å². The highest BCUT2D eigenvalue weighted by Gasteiger charge is 2.18. The molecule has 0 aliphatic carbocycles. The van der Waals surface area contributed by atoms with Crippen molar-refractivity contribution in [2.45, 2.75) is 26.7 Å². The van der Waals surface area contributed by atoms with Crippen molar-refractivity contribution in [3.63, 3.8) is 0 Å². The van der Waals surface area contributed by atoms with Crippen LogP contribution in [0.4, 0.5) is 0 Å². The van der Waals surface area contributed by atoms with Crippen molar-refractivity contribution in [3.05, 3.63) is 34.5 Å². The minimum atomic E-state index is -0.311. The molecule has 5 nitrogen and oxygen atoms in total. The van der Waals surface area contributed by atoms with Crippen molar-refractivity contribution in [2.75, 3.05) is 13.2 Å². The fourth-order valence-electron chi connectivity index (χ4n) is 2.17. The molecule has 0 saturated carbocycles. The third-order valence-corrected chi connectivity index (χ3v) is 3.57. The van der Waals surface area contributed by atoms with Gasteiger partial charge in [0.25, 0.3) is 5.91 Å². The first-order valence-corrected chi connectivity index (χ1v) is 7.53. The van der Waals surface area contributed by atoms with Gasteiger partial charge in [-0.2, -0.15) is 0 Å². The molecule has 2 aromatic rings. The summed E-state index contributed by atoms with van der Waals surface area (Å²) in [6, 6.07) is 5.39. The lowest BCUT2D eigenvalue weighted by Gasteiger charge is -2.04. The Morgan fingerprint density at radius 1 is 1.36 bits per heavy atom. The maximum absolute atomic E-state index is 12.2. The second-order valence-electron chi connectivity index (χ2n) is 4.84. The van der Waals surface area contributed by atoms with Gasteiger partial charge in [0.2, 0.25) is 0 Å². The smallest absolute Gasteiger partial charge is 0.305 e. The third-order valence-electron chi connectivity index (χ3n) is 3.27. The number of para-hydroxylation sites is 1. The van der Waals surface area contributed by atoms with E-state index in [1.54, 1.807) is 13.0 Å². The molecule has 0 bridgehead atoms. The van der Waals surface area contributed by atoms with E-state index in [0.29, 0.717) is 30.2 Å². The van der Waals surface area contributed by atoms with E-state index in [4.69, 9.17) is 20.8 Å². The van der Waals surface area contributed by atoms with Crippen molar-refractivity contribution in [2.24, 2.45) is 0 Å². The average molecular weight is 324 g/mol. The zero-order chi connectivity index (χ0) is 16.1. The molecule has 118 valence electrons. The molecule has 6 heteroatoms. The summed E-state index contributed by atoms with van der Waals surface area (Å²) >= 11 is 6.06. The molecule has 0 aliphatic rings. The number of carbonyl (C=O) groups excluding carboxylic acids is 2. The van der Waals surface area contributed by atoms with Gasteiger partial charge in [0.1, 0.15) is 0 Å². The van der Waals surface area contributed by atoms with Crippen LogP contribution in [0.2, 0.25) is 5.02 Å². The molecule has 0 atom stereocenters. The standard InChI is InChI=1S/C16H18ClNO4/c1-3-21-13(19)8-5-9-18-16(20)14-10(2)11-6-4-7-12(17)15(11)22-14/h4,6-7H,3,5,8-9H2,1-2H3,(H,18,20). The Morgan fingerprint density at radius 3 is 2.82 bits per heavy atom. The summed E-state index contributed by atoms with van der Waals surface area (Å²) in [4.78, 5) is 23.4. The van der Waals surface area contributed by atoms with Crippen LogP contribution in [0.1, 0.15) is 35.9 Å². The maximum Gasteiger partial charge on any atom is 0.305 e. The lowest BCUT2D eigenvalue weighted by molar-refractivity contribution is -0.143. The molecular weight excluding hydrogens is 306 g/mol. The van der Waals surface area contributed by atoms with E-state index < -0.39 is 0 Å². The molecule has 1 amide bonds. The van der Waals surface area contributed by atoms with Gasteiger partial charge in [-0.15, -0.1) is 0 Å². The summed E-state index contributed by atoms with van der Waals surface area (Å²) in [6.45, 7) is 4.32. The Hall–Kier alpha value is -2.01. The number of ether oxygens (including phenoxy) is 1. The molecule has 1 heterocycles. The van der Waals surface area contributed by atoms with Crippen LogP contribution < -0.4 is 5.32 Å². The van der Waals surface area contributed by atoms with Crippen molar-refractivity contribution < 1.29 is 18.7 Å². The second-order valence-corrected chi connectivity index (χ2v) is 5.24. The molecule has 0 radical (unpaired) electrons. The third kappa shape index (κ3) is 3.60. The number of benzene rings is 1. The van der Waals surface area contributed by atoms with Gasteiger partial charge in [-0.1, -0.05) is 23.7 Å². The number of furan rings is 1. The van der Waals surface area contributed by atoms with E-state index >= 15 is 0 Å². The molecule has 1 aromatic carbocycles. The van der Waals surface area contributed by atoms with Gasteiger partial charge >= 0.3 is 5.97 Å². The number of aryl methyl sites for hydroxylation is 1. The zero-order valence-corrected chi connectivity index (χ0v) is 13.3. The van der Waals surface area contributed by atoms with Crippen molar-refractivity contribution in [3.8, 4) is 0 Å². The van der Waals surface area contributed by atoms with Crippen LogP contribution in [0.3, 0.4) is 0 Å². The molecule has 22 heavy (non-hydrogen) atoms. The maximum atomic E-state index is 12.2. The number of nitrogens with one attached hydrogen (secondary N) is 1. The highest BCUT2D eigenvalue weighted by molar-refractivity contribution is 6.35. The quantitative estimate of drug-likeness (QED) is 0.653. The SMILES string of the molecule is CCOC(=O)CCCNC(=O)c1oc2c(Cl)cccc2c1C. The normalized spacial score (nSPS) is 10.7. The number of rotatable bonds is 6. The Morgan fingerprint density at radius 2 is 2.14 bits per heavy atom. The number of amides is 1. The van der Waals surface area contributed by atoms with Gasteiger partial charge < -0.3 is 14.5 Å². The number of hydrogen-bond donors (Lipinski definition) is 1. The molecule has 0 spiro atoms. The lowest BCUT2D eigenvalue weighted by Crippen LogP contribution is -2.25. The fraction of sp³-hybridized carbons (Fsp3) is 0.375. The van der Waals surface area contributed by atoms with Crippen molar-refractivity contribution in [1.29, 1.82) is 0 Å². The van der Waals surface area contributed by atoms with E-state index in [9.17, 15) is 9.59 Å². The van der Waals surface area contributed by atoms with E-state index in [-0.39, 0.29) is 24.1 Å². The monoisotopic (exact) mass is 323 g/mol. The number of hydrogen-bond acceptors (Lipinski definition) is 4. The van der Waals surface area contributed by atoms with Crippen LogP contribution in [0, 0.1) is 6.92 Å². The predicted octanol–water partition coefficient (Wildman–Crippen LogP) is 3.47. The van der Waals surface area contributed by atoms with Crippen LogP contribution in [-0.2, 0) is 9.53 Å². The van der Waals surface area contributed by atoms with Crippen LogP contribution in [0.25, 0.3) is 11.0 Å². The van der Waals surface area contributed by atoms with Crippen LogP contribution in [-0.4, -0.2) is 25.0 Å². The van der Waals surface area contributed by atoms with E-state index in [2.05, 4.69) is 5.32 Å². The molecule has 0 fully saturated rings. The highest BCUT2D eigenvalue weighted by Crippen LogP contribution is 2.30. The number of carbonyl (C=O) groups is 2. The van der Waals surface area contributed by atoms with Crippen molar-refractivity contribution >= 4 is 34.4 Å². The van der Waals surface area contributed by atoms with Crippen LogP contribution in [0.5, 0.6) is 0 Å². The summed E-state index contributed by atoms with van der Waals surface area (Å²) in [6.07, 6.45) is 0.795. The first-order valence-electron chi connectivity index (χ1n) is 7.16. The van der Waals surface area contributed by atoms with Crippen molar-refractivity contribution in [1.82, 2.24) is 5.32 Å². The lowest BCUT2D eigenvalue weighted by atomic mass is 10.1. The van der Waals surface area contributed by atoms with E-state index in [1.165, 1.54) is 0 Å². The van der Waals surface area contributed by atoms with Gasteiger partial charge in [0.05, 0.1) is 11.6 Å².